The number of urea groups is 1. The van der Waals surface area contributed by atoms with Gasteiger partial charge >= 0.3 is 6.03 Å². The Morgan fingerprint density at radius 2 is 1.94 bits per heavy atom. The van der Waals surface area contributed by atoms with E-state index in [0.717, 1.165) is 5.56 Å². The van der Waals surface area contributed by atoms with E-state index in [9.17, 15) is 9.59 Å². The topological polar surface area (TPSA) is 124 Å². The summed E-state index contributed by atoms with van der Waals surface area (Å²) < 4.78 is 0. The third-order valence-corrected chi connectivity index (χ3v) is 2.39. The summed E-state index contributed by atoms with van der Waals surface area (Å²) in [5, 5.41) is 2.45. The van der Waals surface area contributed by atoms with Crippen LogP contribution in [0.25, 0.3) is 0 Å². The maximum atomic E-state index is 11.3. The molecule has 1 rings (SSSR count). The normalized spacial score (nSPS) is 9.94. The van der Waals surface area contributed by atoms with Crippen LogP contribution in [0, 0.1) is 0 Å². The average molecular weight is 236 g/mol. The number of hydrogen-bond acceptors (Lipinski definition) is 3. The molecule has 0 radical (unpaired) electrons. The van der Waals surface area contributed by atoms with Gasteiger partial charge in [-0.2, -0.15) is 0 Å². The highest BCUT2D eigenvalue weighted by Gasteiger charge is 2.12. The van der Waals surface area contributed by atoms with Crippen molar-refractivity contribution in [2.75, 3.05) is 6.54 Å². The molecule has 0 unspecified atom stereocenters. The van der Waals surface area contributed by atoms with E-state index in [1.165, 1.54) is 0 Å². The SMILES string of the molecule is NCCc1cccc(C(N)=O)c1CNC(N)=O. The molecule has 3 amide bonds. The van der Waals surface area contributed by atoms with Gasteiger partial charge in [0, 0.05) is 12.1 Å². The van der Waals surface area contributed by atoms with Crippen molar-refractivity contribution >= 4 is 11.9 Å². The zero-order valence-corrected chi connectivity index (χ0v) is 9.40. The van der Waals surface area contributed by atoms with Gasteiger partial charge in [0.2, 0.25) is 5.91 Å². The van der Waals surface area contributed by atoms with Gasteiger partial charge in [-0.1, -0.05) is 12.1 Å². The lowest BCUT2D eigenvalue weighted by Crippen LogP contribution is -2.30. The number of primary amides is 2. The van der Waals surface area contributed by atoms with Crippen molar-refractivity contribution in [3.05, 3.63) is 34.9 Å². The fraction of sp³-hybridized carbons (Fsp3) is 0.273. The Bertz CT molecular complexity index is 431. The summed E-state index contributed by atoms with van der Waals surface area (Å²) in [6.45, 7) is 0.621. The third kappa shape index (κ3) is 3.46. The van der Waals surface area contributed by atoms with Gasteiger partial charge in [-0.3, -0.25) is 4.79 Å². The number of carbonyl (C=O) groups is 2. The van der Waals surface area contributed by atoms with Crippen molar-refractivity contribution in [3.63, 3.8) is 0 Å². The van der Waals surface area contributed by atoms with Crippen molar-refractivity contribution in [3.8, 4) is 0 Å². The van der Waals surface area contributed by atoms with Gasteiger partial charge in [0.25, 0.3) is 0 Å². The third-order valence-electron chi connectivity index (χ3n) is 2.39. The zero-order valence-electron chi connectivity index (χ0n) is 9.40. The quantitative estimate of drug-likeness (QED) is 0.548. The minimum atomic E-state index is -0.650. The molecule has 6 heteroatoms. The predicted octanol–water partition coefficient (Wildman–Crippen LogP) is -0.545. The van der Waals surface area contributed by atoms with E-state index >= 15 is 0 Å². The van der Waals surface area contributed by atoms with Crippen LogP contribution in [-0.2, 0) is 13.0 Å². The molecule has 0 atom stereocenters. The molecule has 0 aromatic heterocycles. The van der Waals surface area contributed by atoms with Crippen LogP contribution in [0.15, 0.2) is 18.2 Å². The maximum absolute atomic E-state index is 11.3. The van der Waals surface area contributed by atoms with Crippen molar-refractivity contribution in [2.24, 2.45) is 17.2 Å². The van der Waals surface area contributed by atoms with E-state index in [1.807, 2.05) is 6.07 Å². The Labute approximate surface area is 99.1 Å². The number of amides is 3. The van der Waals surface area contributed by atoms with E-state index in [-0.39, 0.29) is 6.54 Å². The number of benzene rings is 1. The first kappa shape index (κ1) is 13.0. The summed E-state index contributed by atoms with van der Waals surface area (Å²) in [5.74, 6) is -0.537. The minimum Gasteiger partial charge on any atom is -0.366 e. The Kier molecular flexibility index (Phi) is 4.47. The van der Waals surface area contributed by atoms with Crippen LogP contribution in [0.3, 0.4) is 0 Å². The molecule has 7 N–H and O–H groups in total. The summed E-state index contributed by atoms with van der Waals surface area (Å²) >= 11 is 0. The van der Waals surface area contributed by atoms with Crippen LogP contribution in [0.5, 0.6) is 0 Å². The number of nitrogens with one attached hydrogen (secondary N) is 1. The first-order chi connectivity index (χ1) is 8.06. The van der Waals surface area contributed by atoms with Crippen LogP contribution in [-0.4, -0.2) is 18.5 Å². The highest BCUT2D eigenvalue weighted by molar-refractivity contribution is 5.94. The molecule has 0 spiro atoms. The Morgan fingerprint density at radius 3 is 2.47 bits per heavy atom. The first-order valence-corrected chi connectivity index (χ1v) is 5.20. The van der Waals surface area contributed by atoms with E-state index in [0.29, 0.717) is 24.1 Å². The molecular formula is C11H16N4O2. The van der Waals surface area contributed by atoms with Gasteiger partial charge in [0.1, 0.15) is 0 Å². The molecule has 0 saturated carbocycles. The minimum absolute atomic E-state index is 0.170. The molecule has 0 saturated heterocycles. The second-order valence-corrected chi connectivity index (χ2v) is 3.56. The fourth-order valence-corrected chi connectivity index (χ4v) is 1.64. The van der Waals surface area contributed by atoms with E-state index < -0.39 is 11.9 Å². The molecule has 0 aliphatic carbocycles. The monoisotopic (exact) mass is 236 g/mol. The molecule has 0 heterocycles. The van der Waals surface area contributed by atoms with E-state index in [2.05, 4.69) is 5.32 Å². The lowest BCUT2D eigenvalue weighted by Gasteiger charge is -2.12. The average Bonchev–Trinajstić information content (AvgIpc) is 2.27. The summed E-state index contributed by atoms with van der Waals surface area (Å²) in [5.41, 5.74) is 17.7. The van der Waals surface area contributed by atoms with Crippen LogP contribution in [0.4, 0.5) is 4.79 Å². The number of rotatable bonds is 5. The highest BCUT2D eigenvalue weighted by Crippen LogP contribution is 2.15. The summed E-state index contributed by atoms with van der Waals surface area (Å²) in [7, 11) is 0. The molecule has 0 aliphatic heterocycles. The second kappa shape index (κ2) is 5.86. The Balaban J connectivity index is 3.08. The molecule has 0 aliphatic rings. The van der Waals surface area contributed by atoms with Gasteiger partial charge in [0.05, 0.1) is 0 Å². The summed E-state index contributed by atoms with van der Waals surface area (Å²) in [4.78, 5) is 22.0. The van der Waals surface area contributed by atoms with Gasteiger partial charge in [-0.15, -0.1) is 0 Å². The van der Waals surface area contributed by atoms with Gasteiger partial charge in [-0.25, -0.2) is 4.79 Å². The lowest BCUT2D eigenvalue weighted by atomic mass is 9.98. The van der Waals surface area contributed by atoms with Crippen molar-refractivity contribution in [1.82, 2.24) is 5.32 Å². The standard InChI is InChI=1S/C11H16N4O2/c12-5-4-7-2-1-3-8(10(13)16)9(7)6-15-11(14)17/h1-3H,4-6,12H2,(H2,13,16)(H3,14,15,17). The number of carbonyl (C=O) groups excluding carboxylic acids is 2. The van der Waals surface area contributed by atoms with Crippen LogP contribution in [0.1, 0.15) is 21.5 Å². The second-order valence-electron chi connectivity index (χ2n) is 3.56. The van der Waals surface area contributed by atoms with Crippen molar-refractivity contribution in [2.45, 2.75) is 13.0 Å². The first-order valence-electron chi connectivity index (χ1n) is 5.20. The number of nitrogens with two attached hydrogens (primary N) is 3. The van der Waals surface area contributed by atoms with Crippen molar-refractivity contribution < 1.29 is 9.59 Å². The lowest BCUT2D eigenvalue weighted by molar-refractivity contribution is 0.0999. The fourth-order valence-electron chi connectivity index (χ4n) is 1.64. The van der Waals surface area contributed by atoms with E-state index in [4.69, 9.17) is 17.2 Å². The highest BCUT2D eigenvalue weighted by atomic mass is 16.2. The van der Waals surface area contributed by atoms with E-state index in [1.54, 1.807) is 12.1 Å². The van der Waals surface area contributed by atoms with Crippen molar-refractivity contribution in [1.29, 1.82) is 0 Å². The largest absolute Gasteiger partial charge is 0.366 e. The van der Waals surface area contributed by atoms with Crippen LogP contribution in [0.2, 0.25) is 0 Å². The van der Waals surface area contributed by atoms with Gasteiger partial charge in [-0.05, 0) is 30.2 Å². The predicted molar refractivity (Wildman–Crippen MR) is 64.1 cm³/mol. The van der Waals surface area contributed by atoms with Crippen LogP contribution >= 0.6 is 0 Å². The summed E-state index contributed by atoms with van der Waals surface area (Å²) in [6, 6.07) is 4.54. The molecular weight excluding hydrogens is 220 g/mol. The molecule has 0 fully saturated rings. The number of hydrogen-bond donors (Lipinski definition) is 4. The van der Waals surface area contributed by atoms with Gasteiger partial charge < -0.3 is 22.5 Å². The van der Waals surface area contributed by atoms with Crippen LogP contribution < -0.4 is 22.5 Å². The summed E-state index contributed by atoms with van der Waals surface area (Å²) in [6.07, 6.45) is 0.608. The Morgan fingerprint density at radius 1 is 1.24 bits per heavy atom. The molecule has 0 bridgehead atoms. The molecule has 17 heavy (non-hydrogen) atoms. The smallest absolute Gasteiger partial charge is 0.312 e. The Hall–Kier alpha value is -2.08. The van der Waals surface area contributed by atoms with Gasteiger partial charge in [0.15, 0.2) is 0 Å². The molecule has 1 aromatic carbocycles. The molecule has 6 nitrogen and oxygen atoms in total. The molecule has 1 aromatic rings. The molecule has 92 valence electrons. The zero-order chi connectivity index (χ0) is 12.8. The maximum Gasteiger partial charge on any atom is 0.312 e.